The van der Waals surface area contributed by atoms with Gasteiger partial charge < -0.3 is 19.5 Å². The number of rotatable bonds is 13. The lowest BCUT2D eigenvalue weighted by Crippen LogP contribution is -2.36. The summed E-state index contributed by atoms with van der Waals surface area (Å²) in [5.74, 6) is -0.762. The molecule has 1 N–H and O–H groups in total. The van der Waals surface area contributed by atoms with Crippen molar-refractivity contribution in [3.63, 3.8) is 0 Å². The molecule has 11 heteroatoms. The Morgan fingerprint density at radius 1 is 0.977 bits per heavy atom. The van der Waals surface area contributed by atoms with Gasteiger partial charge in [0, 0.05) is 5.69 Å². The Bertz CT molecular complexity index is 1530. The van der Waals surface area contributed by atoms with E-state index in [2.05, 4.69) is 5.32 Å². The van der Waals surface area contributed by atoms with Crippen LogP contribution in [0.25, 0.3) is 6.08 Å². The van der Waals surface area contributed by atoms with Gasteiger partial charge in [0.2, 0.25) is 5.91 Å². The lowest BCUT2D eigenvalue weighted by atomic mass is 10.1. The van der Waals surface area contributed by atoms with Gasteiger partial charge in [-0.2, -0.15) is 0 Å². The van der Waals surface area contributed by atoms with Crippen LogP contribution >= 0.6 is 23.4 Å². The van der Waals surface area contributed by atoms with Crippen LogP contribution in [0.4, 0.5) is 10.5 Å². The minimum atomic E-state index is -0.616. The number of carbonyl (C=O) groups excluding carboxylic acids is 4. The van der Waals surface area contributed by atoms with Gasteiger partial charge in [-0.25, -0.2) is 4.79 Å². The van der Waals surface area contributed by atoms with Crippen LogP contribution in [0.5, 0.6) is 11.5 Å². The van der Waals surface area contributed by atoms with E-state index in [0.717, 1.165) is 28.6 Å². The van der Waals surface area contributed by atoms with E-state index >= 15 is 0 Å². The third kappa shape index (κ3) is 8.62. The maximum absolute atomic E-state index is 13.1. The van der Waals surface area contributed by atoms with Crippen LogP contribution in [-0.4, -0.2) is 47.7 Å². The van der Waals surface area contributed by atoms with Gasteiger partial charge >= 0.3 is 5.97 Å². The first-order valence-corrected chi connectivity index (χ1v) is 14.9. The number of ether oxygens (including phenoxy) is 3. The van der Waals surface area contributed by atoms with Gasteiger partial charge in [0.1, 0.15) is 13.2 Å². The number of nitrogens with zero attached hydrogens (tertiary/aromatic N) is 1. The van der Waals surface area contributed by atoms with E-state index in [1.165, 1.54) is 18.2 Å². The zero-order valence-electron chi connectivity index (χ0n) is 23.8. The van der Waals surface area contributed by atoms with Gasteiger partial charge in [0.15, 0.2) is 11.5 Å². The molecule has 1 saturated heterocycles. The van der Waals surface area contributed by atoms with Gasteiger partial charge in [-0.1, -0.05) is 61.3 Å². The molecule has 0 spiro atoms. The van der Waals surface area contributed by atoms with Crippen LogP contribution in [0.1, 0.15) is 48.2 Å². The van der Waals surface area contributed by atoms with E-state index in [0.29, 0.717) is 36.7 Å². The fourth-order valence-corrected chi connectivity index (χ4v) is 5.05. The molecule has 9 nitrogen and oxygen atoms in total. The summed E-state index contributed by atoms with van der Waals surface area (Å²) in [5, 5.41) is 2.21. The summed E-state index contributed by atoms with van der Waals surface area (Å²) in [4.78, 5) is 51.9. The van der Waals surface area contributed by atoms with Crippen LogP contribution in [0.3, 0.4) is 0 Å². The normalized spacial score (nSPS) is 13.7. The zero-order valence-corrected chi connectivity index (χ0v) is 25.3. The first-order chi connectivity index (χ1) is 20.8. The Morgan fingerprint density at radius 3 is 2.51 bits per heavy atom. The number of benzene rings is 3. The third-order valence-corrected chi connectivity index (χ3v) is 7.42. The first kappa shape index (κ1) is 31.7. The molecule has 0 radical (unpaired) electrons. The number of carbonyl (C=O) groups is 4. The smallest absolute Gasteiger partial charge is 0.339 e. The van der Waals surface area contributed by atoms with Crippen LogP contribution in [0.2, 0.25) is 5.02 Å². The molecule has 3 aromatic rings. The number of unbranched alkanes of at least 4 members (excludes halogenated alkanes) is 1. The fraction of sp³-hybridized carbons (Fsp3) is 0.250. The van der Waals surface area contributed by atoms with E-state index in [4.69, 9.17) is 25.8 Å². The van der Waals surface area contributed by atoms with Crippen LogP contribution in [0, 0.1) is 0 Å². The Morgan fingerprint density at radius 2 is 1.77 bits per heavy atom. The van der Waals surface area contributed by atoms with Gasteiger partial charge in [0.05, 0.1) is 28.7 Å². The largest absolute Gasteiger partial charge is 0.490 e. The van der Waals surface area contributed by atoms with E-state index in [-0.39, 0.29) is 27.8 Å². The zero-order chi connectivity index (χ0) is 30.8. The summed E-state index contributed by atoms with van der Waals surface area (Å²) in [6.07, 6.45) is 3.15. The monoisotopic (exact) mass is 622 g/mol. The van der Waals surface area contributed by atoms with Crippen molar-refractivity contribution in [1.82, 2.24) is 4.90 Å². The number of halogens is 1. The predicted octanol–water partition coefficient (Wildman–Crippen LogP) is 6.95. The quantitative estimate of drug-likeness (QED) is 0.124. The summed E-state index contributed by atoms with van der Waals surface area (Å²) in [6.45, 7) is 4.36. The summed E-state index contributed by atoms with van der Waals surface area (Å²) < 4.78 is 16.9. The second-order valence-electron chi connectivity index (χ2n) is 9.41. The maximum atomic E-state index is 13.1. The van der Waals surface area contributed by atoms with E-state index in [9.17, 15) is 19.2 Å². The summed E-state index contributed by atoms with van der Waals surface area (Å²) >= 11 is 6.88. The van der Waals surface area contributed by atoms with Crippen molar-refractivity contribution in [2.24, 2.45) is 0 Å². The molecule has 0 saturated carbocycles. The lowest BCUT2D eigenvalue weighted by molar-refractivity contribution is -0.127. The Kier molecular flexibility index (Phi) is 11.2. The van der Waals surface area contributed by atoms with Gasteiger partial charge in [-0.15, -0.1) is 0 Å². The number of nitrogens with one attached hydrogen (secondary N) is 1. The molecule has 1 aliphatic heterocycles. The van der Waals surface area contributed by atoms with Crippen LogP contribution < -0.4 is 14.8 Å². The number of thioether (sulfide) groups is 1. The standard InChI is InChI=1S/C32H31ClN2O7S/c1-3-5-15-41-31(38)24-18-23(12-13-25(24)33)34-29(36)19-35-30(37)28(43-32(35)39)17-22-11-14-26(27(16-22)40-4-2)42-20-21-9-7-6-8-10-21/h6-14,16-18H,3-5,15,19-20H2,1-2H3,(H,34,36)/b28-17+. The molecule has 224 valence electrons. The average molecular weight is 623 g/mol. The molecule has 0 atom stereocenters. The van der Waals surface area contributed by atoms with Gasteiger partial charge in [-0.3, -0.25) is 19.3 Å². The number of hydrogen-bond acceptors (Lipinski definition) is 8. The summed E-state index contributed by atoms with van der Waals surface area (Å²) in [6, 6.07) is 19.3. The molecule has 0 bridgehead atoms. The molecule has 1 heterocycles. The lowest BCUT2D eigenvalue weighted by Gasteiger charge is -2.14. The number of anilines is 1. The van der Waals surface area contributed by atoms with Gasteiger partial charge in [-0.05, 0) is 72.6 Å². The van der Waals surface area contributed by atoms with Crippen molar-refractivity contribution in [1.29, 1.82) is 0 Å². The van der Waals surface area contributed by atoms with E-state index < -0.39 is 29.6 Å². The maximum Gasteiger partial charge on any atom is 0.339 e. The van der Waals surface area contributed by atoms with Crippen molar-refractivity contribution >= 4 is 58.1 Å². The van der Waals surface area contributed by atoms with Crippen molar-refractivity contribution in [2.45, 2.75) is 33.3 Å². The minimum Gasteiger partial charge on any atom is -0.490 e. The molecular weight excluding hydrogens is 592 g/mol. The first-order valence-electron chi connectivity index (χ1n) is 13.7. The Balaban J connectivity index is 1.41. The molecule has 43 heavy (non-hydrogen) atoms. The highest BCUT2D eigenvalue weighted by atomic mass is 35.5. The average Bonchev–Trinajstić information content (AvgIpc) is 3.25. The Labute approximate surface area is 259 Å². The molecule has 1 fully saturated rings. The molecule has 0 unspecified atom stereocenters. The molecule has 1 aliphatic rings. The second-order valence-corrected chi connectivity index (χ2v) is 10.8. The molecule has 4 rings (SSSR count). The van der Waals surface area contributed by atoms with Crippen molar-refractivity contribution in [3.05, 3.63) is 93.3 Å². The van der Waals surface area contributed by atoms with Crippen molar-refractivity contribution < 1.29 is 33.4 Å². The topological polar surface area (TPSA) is 111 Å². The number of esters is 1. The number of hydrogen-bond donors (Lipinski definition) is 1. The highest BCUT2D eigenvalue weighted by Crippen LogP contribution is 2.35. The van der Waals surface area contributed by atoms with E-state index in [1.807, 2.05) is 44.2 Å². The molecule has 0 aliphatic carbocycles. The fourth-order valence-electron chi connectivity index (χ4n) is 4.02. The molecular formula is C32H31ClN2O7S. The Hall–Kier alpha value is -4.28. The van der Waals surface area contributed by atoms with Gasteiger partial charge in [0.25, 0.3) is 11.1 Å². The summed E-state index contributed by atoms with van der Waals surface area (Å²) in [5.41, 5.74) is 2.02. The van der Waals surface area contributed by atoms with E-state index in [1.54, 1.807) is 24.3 Å². The molecule has 3 aromatic carbocycles. The number of imide groups is 1. The highest BCUT2D eigenvalue weighted by Gasteiger charge is 2.36. The molecule has 3 amide bonds. The second kappa shape index (κ2) is 15.3. The minimum absolute atomic E-state index is 0.104. The SMILES string of the molecule is CCCCOC(=O)c1cc(NC(=O)CN2C(=O)S/C(=C/c3ccc(OCc4ccccc4)c(OCC)c3)C2=O)ccc1Cl. The highest BCUT2D eigenvalue weighted by molar-refractivity contribution is 8.18. The van der Waals surface area contributed by atoms with Crippen LogP contribution in [0.15, 0.2) is 71.6 Å². The summed E-state index contributed by atoms with van der Waals surface area (Å²) in [7, 11) is 0. The number of amides is 3. The van der Waals surface area contributed by atoms with Crippen molar-refractivity contribution in [2.75, 3.05) is 25.1 Å². The third-order valence-electron chi connectivity index (χ3n) is 6.18. The van der Waals surface area contributed by atoms with Crippen molar-refractivity contribution in [3.8, 4) is 11.5 Å². The molecule has 0 aromatic heterocycles. The van der Waals surface area contributed by atoms with Crippen LogP contribution in [-0.2, 0) is 20.9 Å². The predicted molar refractivity (Wildman–Crippen MR) is 166 cm³/mol.